The van der Waals surface area contributed by atoms with Gasteiger partial charge in [-0.1, -0.05) is 17.4 Å². The van der Waals surface area contributed by atoms with Crippen molar-refractivity contribution in [3.05, 3.63) is 65.6 Å². The van der Waals surface area contributed by atoms with Gasteiger partial charge in [-0.3, -0.25) is 9.69 Å². The number of ether oxygens (including phenoxy) is 3. The molecule has 0 bridgehead atoms. The van der Waals surface area contributed by atoms with Gasteiger partial charge in [-0.05, 0) is 69.7 Å². The normalized spacial score (nSPS) is 10.9. The SMILES string of the molecule is CCOc1cc(C(=O)N(Cc2ccco2)c2nc3ccc(C)cc3s2)cc(OCC)c1OCC. The van der Waals surface area contributed by atoms with Crippen LogP contribution in [0.4, 0.5) is 5.13 Å². The zero-order chi connectivity index (χ0) is 24.1. The zero-order valence-corrected chi connectivity index (χ0v) is 20.6. The molecular formula is C26H28N2O5S. The second-order valence-electron chi connectivity index (χ2n) is 7.54. The summed E-state index contributed by atoms with van der Waals surface area (Å²) in [5, 5.41) is 0.590. The molecule has 0 saturated carbocycles. The highest BCUT2D eigenvalue weighted by molar-refractivity contribution is 7.22. The average Bonchev–Trinajstić information content (AvgIpc) is 3.48. The number of aromatic nitrogens is 1. The fourth-order valence-electron chi connectivity index (χ4n) is 3.59. The first-order chi connectivity index (χ1) is 16.5. The Balaban J connectivity index is 1.80. The molecule has 2 aromatic heterocycles. The molecule has 2 aromatic carbocycles. The first-order valence-electron chi connectivity index (χ1n) is 11.3. The van der Waals surface area contributed by atoms with Crippen molar-refractivity contribution >= 4 is 32.6 Å². The molecule has 0 fully saturated rings. The molecule has 0 radical (unpaired) electrons. The van der Waals surface area contributed by atoms with Gasteiger partial charge in [0.2, 0.25) is 5.75 Å². The van der Waals surface area contributed by atoms with Crippen molar-refractivity contribution in [3.8, 4) is 17.2 Å². The van der Waals surface area contributed by atoms with E-state index in [2.05, 4.69) is 6.07 Å². The molecule has 178 valence electrons. The maximum Gasteiger partial charge on any atom is 0.260 e. The summed E-state index contributed by atoms with van der Waals surface area (Å²) in [6, 6.07) is 13.1. The van der Waals surface area contributed by atoms with Gasteiger partial charge in [0.25, 0.3) is 5.91 Å². The first kappa shape index (κ1) is 23.6. The summed E-state index contributed by atoms with van der Waals surface area (Å²) in [7, 11) is 0. The van der Waals surface area contributed by atoms with Crippen LogP contribution in [-0.2, 0) is 6.54 Å². The Morgan fingerprint density at radius 1 is 1.00 bits per heavy atom. The van der Waals surface area contributed by atoms with Gasteiger partial charge in [0.05, 0.1) is 42.8 Å². The third kappa shape index (κ3) is 5.02. The van der Waals surface area contributed by atoms with Crippen LogP contribution < -0.4 is 19.1 Å². The van der Waals surface area contributed by atoms with E-state index in [1.165, 1.54) is 11.3 Å². The number of thiazole rings is 1. The second-order valence-corrected chi connectivity index (χ2v) is 8.55. The number of benzene rings is 2. The summed E-state index contributed by atoms with van der Waals surface area (Å²) in [6.45, 7) is 9.25. The fraction of sp³-hybridized carbons (Fsp3) is 0.308. The number of carbonyl (C=O) groups is 1. The number of nitrogens with zero attached hydrogens (tertiary/aromatic N) is 2. The molecule has 0 aliphatic rings. The van der Waals surface area contributed by atoms with Crippen LogP contribution in [0.1, 0.15) is 42.5 Å². The molecule has 7 nitrogen and oxygen atoms in total. The van der Waals surface area contributed by atoms with E-state index < -0.39 is 0 Å². The minimum atomic E-state index is -0.239. The molecule has 1 amide bonds. The summed E-state index contributed by atoms with van der Waals surface area (Å²) in [6.07, 6.45) is 1.59. The van der Waals surface area contributed by atoms with Crippen molar-refractivity contribution in [1.29, 1.82) is 0 Å². The second kappa shape index (κ2) is 10.6. The maximum absolute atomic E-state index is 13.9. The number of hydrogen-bond donors (Lipinski definition) is 0. The Labute approximate surface area is 202 Å². The number of aryl methyl sites for hydroxylation is 1. The van der Waals surface area contributed by atoms with Crippen molar-refractivity contribution in [3.63, 3.8) is 0 Å². The molecule has 34 heavy (non-hydrogen) atoms. The molecule has 0 spiro atoms. The van der Waals surface area contributed by atoms with Crippen molar-refractivity contribution in [1.82, 2.24) is 4.98 Å². The highest BCUT2D eigenvalue weighted by Crippen LogP contribution is 2.40. The van der Waals surface area contributed by atoms with Crippen LogP contribution in [-0.4, -0.2) is 30.7 Å². The molecular weight excluding hydrogens is 452 g/mol. The lowest BCUT2D eigenvalue weighted by Gasteiger charge is -2.21. The van der Waals surface area contributed by atoms with Gasteiger partial charge in [-0.15, -0.1) is 0 Å². The van der Waals surface area contributed by atoms with Crippen LogP contribution in [0.2, 0.25) is 0 Å². The number of amides is 1. The van der Waals surface area contributed by atoms with Crippen LogP contribution >= 0.6 is 11.3 Å². The third-order valence-corrected chi connectivity index (χ3v) is 6.10. The smallest absolute Gasteiger partial charge is 0.260 e. The van der Waals surface area contributed by atoms with Gasteiger partial charge < -0.3 is 18.6 Å². The summed E-state index contributed by atoms with van der Waals surface area (Å²) >= 11 is 1.47. The molecule has 0 unspecified atom stereocenters. The largest absolute Gasteiger partial charge is 0.490 e. The minimum absolute atomic E-state index is 0.239. The topological polar surface area (TPSA) is 74.0 Å². The first-order valence-corrected chi connectivity index (χ1v) is 12.1. The van der Waals surface area contributed by atoms with E-state index in [1.54, 1.807) is 29.4 Å². The van der Waals surface area contributed by atoms with E-state index in [-0.39, 0.29) is 12.5 Å². The quantitative estimate of drug-likeness (QED) is 0.267. The predicted molar refractivity (Wildman–Crippen MR) is 134 cm³/mol. The summed E-state index contributed by atoms with van der Waals surface area (Å²) < 4.78 is 24.0. The van der Waals surface area contributed by atoms with E-state index in [0.717, 1.165) is 15.8 Å². The molecule has 2 heterocycles. The Bertz CT molecular complexity index is 1240. The van der Waals surface area contributed by atoms with Crippen molar-refractivity contribution < 1.29 is 23.4 Å². The van der Waals surface area contributed by atoms with Crippen LogP contribution in [0.15, 0.2) is 53.1 Å². The molecule has 0 aliphatic carbocycles. The zero-order valence-electron chi connectivity index (χ0n) is 19.8. The Morgan fingerprint density at radius 2 is 1.71 bits per heavy atom. The molecule has 0 saturated heterocycles. The van der Waals surface area contributed by atoms with Gasteiger partial charge in [-0.2, -0.15) is 0 Å². The molecule has 0 atom stereocenters. The highest BCUT2D eigenvalue weighted by Gasteiger charge is 2.26. The number of furan rings is 1. The monoisotopic (exact) mass is 480 g/mol. The van der Waals surface area contributed by atoms with Crippen LogP contribution in [0.5, 0.6) is 17.2 Å². The van der Waals surface area contributed by atoms with Crippen LogP contribution in [0, 0.1) is 6.92 Å². The van der Waals surface area contributed by atoms with E-state index >= 15 is 0 Å². The van der Waals surface area contributed by atoms with Crippen LogP contribution in [0.3, 0.4) is 0 Å². The maximum atomic E-state index is 13.9. The molecule has 0 N–H and O–H groups in total. The van der Waals surface area contributed by atoms with E-state index in [0.29, 0.717) is 53.5 Å². The van der Waals surface area contributed by atoms with Crippen molar-refractivity contribution in [2.45, 2.75) is 34.2 Å². The lowest BCUT2D eigenvalue weighted by molar-refractivity contribution is 0.0982. The van der Waals surface area contributed by atoms with E-state index in [9.17, 15) is 4.79 Å². The van der Waals surface area contributed by atoms with Gasteiger partial charge >= 0.3 is 0 Å². The fourth-order valence-corrected chi connectivity index (χ4v) is 4.65. The number of rotatable bonds is 10. The van der Waals surface area contributed by atoms with Gasteiger partial charge in [0.1, 0.15) is 5.76 Å². The number of fused-ring (bicyclic) bond motifs is 1. The molecule has 4 rings (SSSR count). The van der Waals surface area contributed by atoms with Gasteiger partial charge in [0.15, 0.2) is 16.6 Å². The Kier molecular flexibility index (Phi) is 7.37. The lowest BCUT2D eigenvalue weighted by atomic mass is 10.1. The van der Waals surface area contributed by atoms with E-state index in [4.69, 9.17) is 23.6 Å². The van der Waals surface area contributed by atoms with Gasteiger partial charge in [-0.25, -0.2) is 4.98 Å². The van der Waals surface area contributed by atoms with Crippen molar-refractivity contribution in [2.75, 3.05) is 24.7 Å². The number of carbonyl (C=O) groups excluding carboxylic acids is 1. The Morgan fingerprint density at radius 3 is 2.32 bits per heavy atom. The number of hydrogen-bond acceptors (Lipinski definition) is 7. The molecule has 0 aliphatic heterocycles. The standard InChI is InChI=1S/C26H28N2O5S/c1-5-30-21-14-18(15-22(31-6-2)24(21)32-7-3)25(29)28(16-19-9-8-12-33-19)26-27-20-11-10-17(4)13-23(20)34-26/h8-15H,5-7,16H2,1-4H3. The highest BCUT2D eigenvalue weighted by atomic mass is 32.1. The summed E-state index contributed by atoms with van der Waals surface area (Å²) in [5.41, 5.74) is 2.40. The van der Waals surface area contributed by atoms with E-state index in [1.807, 2.05) is 45.9 Å². The Hall–Kier alpha value is -3.52. The lowest BCUT2D eigenvalue weighted by Crippen LogP contribution is -2.30. The van der Waals surface area contributed by atoms with Crippen LogP contribution in [0.25, 0.3) is 10.2 Å². The third-order valence-electron chi connectivity index (χ3n) is 5.06. The summed E-state index contributed by atoms with van der Waals surface area (Å²) in [5.74, 6) is 1.85. The number of anilines is 1. The molecule has 4 aromatic rings. The summed E-state index contributed by atoms with van der Waals surface area (Å²) in [4.78, 5) is 20.3. The average molecular weight is 481 g/mol. The van der Waals surface area contributed by atoms with Gasteiger partial charge in [0, 0.05) is 5.56 Å². The minimum Gasteiger partial charge on any atom is -0.490 e. The predicted octanol–water partition coefficient (Wildman–Crippen LogP) is 6.24. The molecule has 8 heteroatoms. The van der Waals surface area contributed by atoms with Crippen molar-refractivity contribution in [2.24, 2.45) is 0 Å².